The third kappa shape index (κ3) is 6.93. The van der Waals surface area contributed by atoms with Crippen LogP contribution in [0.1, 0.15) is 19.4 Å². The monoisotopic (exact) mass is 423 g/mol. The van der Waals surface area contributed by atoms with Crippen LogP contribution in [0, 0.1) is 0 Å². The van der Waals surface area contributed by atoms with E-state index in [1.807, 2.05) is 18.2 Å². The number of hydrogen-bond donors (Lipinski definition) is 0. The third-order valence-corrected chi connectivity index (χ3v) is 4.67. The second-order valence-corrected chi connectivity index (χ2v) is 7.02. The molecule has 0 N–H and O–H groups in total. The molecule has 9 heteroatoms. The Hall–Kier alpha value is -2.47. The topological polar surface area (TPSA) is 97.3 Å². The molecule has 2 aromatic carbocycles. The number of esters is 2. The van der Waals surface area contributed by atoms with Gasteiger partial charge in [-0.2, -0.15) is 0 Å². The third-order valence-electron chi connectivity index (χ3n) is 3.47. The van der Waals surface area contributed by atoms with Crippen molar-refractivity contribution in [3.8, 4) is 5.75 Å². The lowest BCUT2D eigenvalue weighted by molar-refractivity contribution is -0.171. The van der Waals surface area contributed by atoms with E-state index < -0.39 is 32.3 Å². The Labute approximate surface area is 168 Å². The van der Waals surface area contributed by atoms with E-state index in [9.17, 15) is 14.5 Å². The van der Waals surface area contributed by atoms with Gasteiger partial charge in [0.2, 0.25) is 5.75 Å². The maximum absolute atomic E-state index is 12.1. The van der Waals surface area contributed by atoms with Gasteiger partial charge in [0.15, 0.2) is 12.1 Å². The van der Waals surface area contributed by atoms with E-state index in [0.29, 0.717) is 0 Å². The minimum absolute atomic E-state index is 0.0685. The van der Waals surface area contributed by atoms with Gasteiger partial charge in [-0.15, -0.1) is 0 Å². The fraction of sp³-hybridized carbons (Fsp3) is 0.263. The highest BCUT2D eigenvalue weighted by atomic mass is 35.5. The summed E-state index contributed by atoms with van der Waals surface area (Å²) in [6, 6.07) is 14.4. The Morgan fingerprint density at radius 3 is 2.39 bits per heavy atom. The van der Waals surface area contributed by atoms with Crippen LogP contribution in [0.25, 0.3) is 0 Å². The summed E-state index contributed by atoms with van der Waals surface area (Å²) in [7, 11) is -2.55. The first-order valence-corrected chi connectivity index (χ1v) is 9.89. The second kappa shape index (κ2) is 10.8. The van der Waals surface area contributed by atoms with Gasteiger partial charge in [-0.05, 0) is 31.5 Å². The van der Waals surface area contributed by atoms with E-state index in [0.717, 1.165) is 5.56 Å². The zero-order chi connectivity index (χ0) is 20.5. The van der Waals surface area contributed by atoms with E-state index in [1.165, 1.54) is 19.9 Å². The molecule has 2 rings (SSSR count). The van der Waals surface area contributed by atoms with Crippen LogP contribution < -0.4 is 9.42 Å². The van der Waals surface area contributed by atoms with Gasteiger partial charge >= 0.3 is 20.1 Å². The Kier molecular flexibility index (Phi) is 8.39. The molecule has 0 saturated carbocycles. The Balaban J connectivity index is 1.84. The Morgan fingerprint density at radius 2 is 1.71 bits per heavy atom. The molecular weight excluding hydrogens is 405 g/mol. The molecule has 0 aliphatic carbocycles. The number of carbonyl (C=O) groups excluding carboxylic acids is 2. The number of benzene rings is 2. The van der Waals surface area contributed by atoms with Crippen molar-refractivity contribution in [1.29, 1.82) is 0 Å². The van der Waals surface area contributed by atoms with Gasteiger partial charge in [-0.3, -0.25) is 4.52 Å². The predicted octanol–water partition coefficient (Wildman–Crippen LogP) is 3.64. The molecule has 0 aliphatic heterocycles. The van der Waals surface area contributed by atoms with Crippen LogP contribution in [0.15, 0.2) is 59.3 Å². The summed E-state index contributed by atoms with van der Waals surface area (Å²) in [5.41, 5.74) is 0.812. The molecule has 0 aromatic heterocycles. The minimum Gasteiger partial charge on any atom is -0.575 e. The van der Waals surface area contributed by atoms with Crippen molar-refractivity contribution in [2.24, 2.45) is 4.74 Å². The summed E-state index contributed by atoms with van der Waals surface area (Å²) >= 11 is 5.91. The van der Waals surface area contributed by atoms with Crippen LogP contribution in [0.3, 0.4) is 0 Å². The average molecular weight is 424 g/mol. The molecule has 148 valence electrons. The quantitative estimate of drug-likeness (QED) is 0.475. The molecule has 0 aliphatic rings. The van der Waals surface area contributed by atoms with Gasteiger partial charge < -0.3 is 14.4 Å². The fourth-order valence-corrected chi connectivity index (χ4v) is 2.96. The zero-order valence-corrected chi connectivity index (χ0v) is 16.9. The molecule has 0 heterocycles. The second-order valence-electron chi connectivity index (χ2n) is 5.72. The van der Waals surface area contributed by atoms with Gasteiger partial charge in [0, 0.05) is 0 Å². The molecule has 0 radical (unpaired) electrons. The summed E-state index contributed by atoms with van der Waals surface area (Å²) in [5.74, 6) is -1.33. The first-order chi connectivity index (χ1) is 13.4. The van der Waals surface area contributed by atoms with Crippen molar-refractivity contribution in [2.45, 2.75) is 32.6 Å². The van der Waals surface area contributed by atoms with E-state index in [-0.39, 0.29) is 17.4 Å². The number of hydrogen-bond acceptors (Lipinski definition) is 7. The molecule has 0 saturated heterocycles. The molecule has 3 atom stereocenters. The van der Waals surface area contributed by atoms with Gasteiger partial charge in [0.05, 0.1) is 5.02 Å². The fourth-order valence-electron chi connectivity index (χ4n) is 1.98. The van der Waals surface area contributed by atoms with Crippen LogP contribution in [0.2, 0.25) is 5.02 Å². The van der Waals surface area contributed by atoms with Crippen molar-refractivity contribution in [1.82, 2.24) is 0 Å². The van der Waals surface area contributed by atoms with Gasteiger partial charge in [-0.1, -0.05) is 58.8 Å². The van der Waals surface area contributed by atoms with Crippen molar-refractivity contribution in [3.05, 3.63) is 65.2 Å². The lowest BCUT2D eigenvalue weighted by atomic mass is 10.2. The highest BCUT2D eigenvalue weighted by Crippen LogP contribution is 2.30. The predicted molar refractivity (Wildman–Crippen MR) is 103 cm³/mol. The van der Waals surface area contributed by atoms with E-state index in [2.05, 4.69) is 4.74 Å². The smallest absolute Gasteiger partial charge is 0.395 e. The Bertz CT molecular complexity index is 845. The van der Waals surface area contributed by atoms with Crippen molar-refractivity contribution >= 4 is 31.7 Å². The molecule has 1 unspecified atom stereocenters. The lowest BCUT2D eigenvalue weighted by Crippen LogP contribution is -2.30. The molecule has 28 heavy (non-hydrogen) atoms. The number of rotatable bonds is 8. The molecule has 7 nitrogen and oxygen atoms in total. The normalized spacial score (nSPS) is 13.4. The Morgan fingerprint density at radius 1 is 1.07 bits per heavy atom. The van der Waals surface area contributed by atoms with Crippen molar-refractivity contribution in [3.63, 3.8) is 0 Å². The number of nitrogens with zero attached hydrogens (tertiary/aromatic N) is 1. The summed E-state index contributed by atoms with van der Waals surface area (Å²) in [5, 5.41) is 0.270. The number of para-hydroxylation sites is 1. The zero-order valence-electron chi connectivity index (χ0n) is 15.3. The lowest BCUT2D eigenvalue weighted by Gasteiger charge is -2.13. The molecule has 0 amide bonds. The van der Waals surface area contributed by atoms with Crippen LogP contribution in [-0.4, -0.2) is 24.1 Å². The summed E-state index contributed by atoms with van der Waals surface area (Å²) in [6.45, 7) is 2.84. The number of ether oxygens (including phenoxy) is 2. The summed E-state index contributed by atoms with van der Waals surface area (Å²) < 4.78 is 19.0. The van der Waals surface area contributed by atoms with Gasteiger partial charge in [-0.25, -0.2) is 9.59 Å². The first-order valence-electron chi connectivity index (χ1n) is 8.38. The van der Waals surface area contributed by atoms with Crippen LogP contribution in [-0.2, 0) is 25.7 Å². The van der Waals surface area contributed by atoms with Crippen LogP contribution in [0.5, 0.6) is 5.75 Å². The van der Waals surface area contributed by atoms with E-state index in [1.54, 1.807) is 30.3 Å². The standard InChI is InChI=1S/C19H19ClNO6P/c1-13(21-28(24)27-17-11-7-6-10-16(17)20)18(22)26-14(2)19(23)25-12-15-8-4-3-5-9-15/h3-11,13-14H,12H2,1-2H3/t13-,14-/m0/s1. The number of halogens is 1. The first kappa shape index (κ1) is 21.8. The molecule has 0 fully saturated rings. The van der Waals surface area contributed by atoms with Crippen LogP contribution in [0.4, 0.5) is 0 Å². The van der Waals surface area contributed by atoms with Gasteiger partial charge in [0.25, 0.3) is 0 Å². The van der Waals surface area contributed by atoms with E-state index in [4.69, 9.17) is 25.6 Å². The minimum atomic E-state index is -2.55. The summed E-state index contributed by atoms with van der Waals surface area (Å²) in [6.07, 6.45) is -1.13. The SMILES string of the molecule is C[C@H](N=[P+]([O-])Oc1ccccc1Cl)C(=O)O[C@@H](C)C(=O)OCc1ccccc1. The van der Waals surface area contributed by atoms with Crippen LogP contribution >= 0.6 is 19.8 Å². The van der Waals surface area contributed by atoms with Crippen molar-refractivity contribution in [2.75, 3.05) is 0 Å². The highest BCUT2D eigenvalue weighted by Gasteiger charge is 2.25. The maximum atomic E-state index is 12.1. The average Bonchev–Trinajstić information content (AvgIpc) is 2.68. The molecule has 2 aromatic rings. The molecule has 0 bridgehead atoms. The largest absolute Gasteiger partial charge is 0.575 e. The van der Waals surface area contributed by atoms with E-state index >= 15 is 0 Å². The van der Waals surface area contributed by atoms with Crippen molar-refractivity contribution < 1.29 is 28.5 Å². The molecular formula is C19H19ClNO6P. The van der Waals surface area contributed by atoms with Gasteiger partial charge in [0.1, 0.15) is 6.61 Å². The molecule has 0 spiro atoms. The maximum Gasteiger partial charge on any atom is 0.395 e. The number of carbonyl (C=O) groups is 2. The summed E-state index contributed by atoms with van der Waals surface area (Å²) in [4.78, 5) is 36.0. The highest BCUT2D eigenvalue weighted by molar-refractivity contribution is 7.34.